The summed E-state index contributed by atoms with van der Waals surface area (Å²) in [5.41, 5.74) is 1.62. The number of carbonyl (C=O) groups is 1. The van der Waals surface area contributed by atoms with Gasteiger partial charge in [0.05, 0.1) is 17.5 Å². The van der Waals surface area contributed by atoms with Crippen LogP contribution in [0.2, 0.25) is 0 Å². The lowest BCUT2D eigenvalue weighted by Crippen LogP contribution is -2.39. The molecule has 0 bridgehead atoms. The van der Waals surface area contributed by atoms with Gasteiger partial charge in [-0.3, -0.25) is 9.89 Å². The van der Waals surface area contributed by atoms with Crippen LogP contribution in [0.25, 0.3) is 11.3 Å². The molecule has 0 saturated carbocycles. The topological polar surface area (TPSA) is 77.7 Å². The molecule has 0 aliphatic carbocycles. The Bertz CT molecular complexity index is 873. The minimum absolute atomic E-state index is 0.0933. The van der Waals surface area contributed by atoms with Gasteiger partial charge in [0.2, 0.25) is 0 Å². The zero-order valence-corrected chi connectivity index (χ0v) is 13.6. The van der Waals surface area contributed by atoms with Crippen LogP contribution in [0.1, 0.15) is 34.9 Å². The fourth-order valence-corrected chi connectivity index (χ4v) is 3.37. The molecule has 1 aliphatic heterocycles. The minimum atomic E-state index is -0.346. The summed E-state index contributed by atoms with van der Waals surface area (Å²) in [4.78, 5) is 22.3. The molecular formula is C18H18FN5O. The van der Waals surface area contributed by atoms with E-state index in [1.54, 1.807) is 24.5 Å². The molecule has 1 amide bonds. The number of imidazole rings is 1. The fourth-order valence-electron chi connectivity index (χ4n) is 3.37. The van der Waals surface area contributed by atoms with Crippen LogP contribution in [0.3, 0.4) is 0 Å². The van der Waals surface area contributed by atoms with Gasteiger partial charge in [-0.25, -0.2) is 9.37 Å². The lowest BCUT2D eigenvalue weighted by Gasteiger charge is -2.31. The third-order valence-corrected chi connectivity index (χ3v) is 4.60. The molecule has 7 heteroatoms. The van der Waals surface area contributed by atoms with E-state index in [0.29, 0.717) is 29.9 Å². The second-order valence-electron chi connectivity index (χ2n) is 6.23. The van der Waals surface area contributed by atoms with Crippen LogP contribution in [0.4, 0.5) is 4.39 Å². The van der Waals surface area contributed by atoms with Gasteiger partial charge in [-0.15, -0.1) is 0 Å². The Kier molecular flexibility index (Phi) is 4.05. The van der Waals surface area contributed by atoms with Crippen LogP contribution in [-0.2, 0) is 0 Å². The number of piperidine rings is 1. The van der Waals surface area contributed by atoms with Crippen molar-refractivity contribution in [2.24, 2.45) is 0 Å². The highest BCUT2D eigenvalue weighted by Crippen LogP contribution is 2.28. The Morgan fingerprint density at radius 2 is 2.28 bits per heavy atom. The summed E-state index contributed by atoms with van der Waals surface area (Å²) in [5, 5.41) is 6.82. The number of nitrogens with zero attached hydrogens (tertiary/aromatic N) is 3. The third kappa shape index (κ3) is 3.05. The highest BCUT2D eigenvalue weighted by Gasteiger charge is 2.28. The third-order valence-electron chi connectivity index (χ3n) is 4.60. The number of aromatic nitrogens is 4. The van der Waals surface area contributed by atoms with E-state index in [-0.39, 0.29) is 17.6 Å². The van der Waals surface area contributed by atoms with Gasteiger partial charge in [0, 0.05) is 37.0 Å². The maximum absolute atomic E-state index is 13.5. The summed E-state index contributed by atoms with van der Waals surface area (Å²) < 4.78 is 13.5. The van der Waals surface area contributed by atoms with E-state index in [2.05, 4.69) is 20.2 Å². The van der Waals surface area contributed by atoms with Gasteiger partial charge in [0.25, 0.3) is 5.91 Å². The molecule has 1 saturated heterocycles. The first-order valence-electron chi connectivity index (χ1n) is 8.30. The number of likely N-dealkylation sites (tertiary alicyclic amines) is 1. The van der Waals surface area contributed by atoms with Crippen LogP contribution in [0, 0.1) is 5.82 Å². The number of hydrogen-bond donors (Lipinski definition) is 2. The number of hydrogen-bond acceptors (Lipinski definition) is 3. The Morgan fingerprint density at radius 3 is 3.08 bits per heavy atom. The second kappa shape index (κ2) is 6.51. The van der Waals surface area contributed by atoms with Crippen molar-refractivity contribution in [1.82, 2.24) is 25.1 Å². The first-order chi connectivity index (χ1) is 12.2. The van der Waals surface area contributed by atoms with Crippen molar-refractivity contribution >= 4 is 5.91 Å². The van der Waals surface area contributed by atoms with Crippen molar-refractivity contribution < 1.29 is 9.18 Å². The molecule has 3 heterocycles. The average Bonchev–Trinajstić information content (AvgIpc) is 3.33. The quantitative estimate of drug-likeness (QED) is 0.770. The minimum Gasteiger partial charge on any atom is -0.348 e. The van der Waals surface area contributed by atoms with E-state index in [4.69, 9.17) is 0 Å². The van der Waals surface area contributed by atoms with Crippen LogP contribution in [0.15, 0.2) is 42.9 Å². The van der Waals surface area contributed by atoms with Gasteiger partial charge < -0.3 is 9.88 Å². The van der Waals surface area contributed by atoms with Crippen LogP contribution in [-0.4, -0.2) is 44.1 Å². The van der Waals surface area contributed by atoms with Gasteiger partial charge in [-0.2, -0.15) is 5.10 Å². The maximum Gasteiger partial charge on any atom is 0.257 e. The molecule has 1 aromatic carbocycles. The van der Waals surface area contributed by atoms with Crippen molar-refractivity contribution in [2.45, 2.75) is 18.8 Å². The Balaban J connectivity index is 1.58. The molecule has 25 heavy (non-hydrogen) atoms. The summed E-state index contributed by atoms with van der Waals surface area (Å²) in [6.45, 7) is 1.31. The largest absolute Gasteiger partial charge is 0.348 e. The summed E-state index contributed by atoms with van der Waals surface area (Å²) in [6, 6.07) is 6.15. The first kappa shape index (κ1) is 15.6. The smallest absolute Gasteiger partial charge is 0.257 e. The number of H-pyrrole nitrogens is 2. The van der Waals surface area contributed by atoms with E-state index in [1.165, 1.54) is 18.3 Å². The van der Waals surface area contributed by atoms with E-state index < -0.39 is 0 Å². The molecule has 128 valence electrons. The van der Waals surface area contributed by atoms with Crippen LogP contribution < -0.4 is 0 Å². The summed E-state index contributed by atoms with van der Waals surface area (Å²) in [6.07, 6.45) is 6.96. The van der Waals surface area contributed by atoms with Gasteiger partial charge in [-0.1, -0.05) is 12.1 Å². The first-order valence-corrected chi connectivity index (χ1v) is 8.30. The van der Waals surface area contributed by atoms with Gasteiger partial charge in [-0.05, 0) is 25.0 Å². The maximum atomic E-state index is 13.5. The Hall–Kier alpha value is -2.96. The van der Waals surface area contributed by atoms with Gasteiger partial charge >= 0.3 is 0 Å². The number of carbonyl (C=O) groups excluding carboxylic acids is 1. The number of nitrogens with one attached hydrogen (secondary N) is 2. The monoisotopic (exact) mass is 339 g/mol. The molecule has 0 radical (unpaired) electrons. The SMILES string of the molecule is O=C(c1cn[nH]c1-c1cccc(F)c1)N1CCC[C@@H](c2ncc[nH]2)C1. The molecule has 0 unspecified atom stereocenters. The molecular weight excluding hydrogens is 321 g/mol. The van der Waals surface area contributed by atoms with Crippen molar-refractivity contribution in [2.75, 3.05) is 13.1 Å². The lowest BCUT2D eigenvalue weighted by molar-refractivity contribution is 0.0705. The summed E-state index contributed by atoms with van der Waals surface area (Å²) in [7, 11) is 0. The zero-order chi connectivity index (χ0) is 17.2. The molecule has 4 rings (SSSR count). The lowest BCUT2D eigenvalue weighted by atomic mass is 9.96. The molecule has 1 fully saturated rings. The molecule has 0 spiro atoms. The highest BCUT2D eigenvalue weighted by molar-refractivity contribution is 5.99. The zero-order valence-electron chi connectivity index (χ0n) is 13.6. The summed E-state index contributed by atoms with van der Waals surface area (Å²) >= 11 is 0. The fraction of sp³-hybridized carbons (Fsp3) is 0.278. The van der Waals surface area contributed by atoms with Crippen LogP contribution in [0.5, 0.6) is 0 Å². The predicted octanol–water partition coefficient (Wildman–Crippen LogP) is 2.96. The van der Waals surface area contributed by atoms with Crippen molar-refractivity contribution in [1.29, 1.82) is 0 Å². The normalized spacial score (nSPS) is 17.6. The summed E-state index contributed by atoms with van der Waals surface area (Å²) in [5.74, 6) is 0.679. The van der Waals surface area contributed by atoms with E-state index >= 15 is 0 Å². The second-order valence-corrected chi connectivity index (χ2v) is 6.23. The molecule has 2 aromatic heterocycles. The van der Waals surface area contributed by atoms with Gasteiger partial charge in [0.1, 0.15) is 11.6 Å². The van der Waals surface area contributed by atoms with Crippen molar-refractivity contribution in [3.8, 4) is 11.3 Å². The van der Waals surface area contributed by atoms with Crippen LogP contribution >= 0.6 is 0 Å². The Labute approximate surface area is 144 Å². The van der Waals surface area contributed by atoms with E-state index in [0.717, 1.165) is 18.7 Å². The number of halogens is 1. The Morgan fingerprint density at radius 1 is 1.36 bits per heavy atom. The molecule has 1 atom stereocenters. The highest BCUT2D eigenvalue weighted by atomic mass is 19.1. The molecule has 6 nitrogen and oxygen atoms in total. The average molecular weight is 339 g/mol. The molecule has 3 aromatic rings. The number of amides is 1. The number of aromatic amines is 2. The van der Waals surface area contributed by atoms with Crippen molar-refractivity contribution in [3.05, 3.63) is 60.1 Å². The van der Waals surface area contributed by atoms with E-state index in [1.807, 2.05) is 4.90 Å². The van der Waals surface area contributed by atoms with E-state index in [9.17, 15) is 9.18 Å². The van der Waals surface area contributed by atoms with Gasteiger partial charge in [0.15, 0.2) is 0 Å². The van der Waals surface area contributed by atoms with Crippen molar-refractivity contribution in [3.63, 3.8) is 0 Å². The molecule has 2 N–H and O–H groups in total. The molecule has 1 aliphatic rings. The predicted molar refractivity (Wildman–Crippen MR) is 90.4 cm³/mol. The standard InChI is InChI=1S/C18H18FN5O/c19-14-5-1-3-12(9-14)16-15(10-22-23-16)18(25)24-8-2-4-13(11-24)17-20-6-7-21-17/h1,3,5-7,9-10,13H,2,4,8,11H2,(H,20,21)(H,22,23)/t13-/m1/s1. The number of rotatable bonds is 3. The number of benzene rings is 1.